The number of rotatable bonds is 8. The summed E-state index contributed by atoms with van der Waals surface area (Å²) in [4.78, 5) is 6.97. The summed E-state index contributed by atoms with van der Waals surface area (Å²) in [5.41, 5.74) is 0. The number of aromatic amines is 1. The lowest BCUT2D eigenvalue weighted by molar-refractivity contribution is 0.344. The molecule has 0 radical (unpaired) electrons. The fourth-order valence-corrected chi connectivity index (χ4v) is 3.56. The van der Waals surface area contributed by atoms with Crippen molar-refractivity contribution in [2.75, 3.05) is 6.54 Å². The van der Waals surface area contributed by atoms with Crippen LogP contribution in [0.4, 0.5) is 0 Å². The Morgan fingerprint density at radius 2 is 2.00 bits per heavy atom. The molecule has 0 aliphatic rings. The van der Waals surface area contributed by atoms with Crippen LogP contribution in [0.3, 0.4) is 0 Å². The Balaban J connectivity index is 2.92. The highest BCUT2D eigenvalue weighted by Gasteiger charge is 2.28. The Hall–Kier alpha value is -0.880. The molecule has 0 spiro atoms. The molecule has 0 aromatic carbocycles. The van der Waals surface area contributed by atoms with Crippen molar-refractivity contribution in [2.24, 2.45) is 0 Å². The number of hydrogen-bond acceptors (Lipinski definition) is 3. The Labute approximate surface area is 116 Å². The third kappa shape index (κ3) is 4.04. The molecule has 6 heteroatoms. The van der Waals surface area contributed by atoms with Gasteiger partial charge in [0.25, 0.3) is 10.0 Å². The number of imidazole rings is 1. The van der Waals surface area contributed by atoms with Crippen LogP contribution in [0.2, 0.25) is 0 Å². The van der Waals surface area contributed by atoms with Gasteiger partial charge >= 0.3 is 0 Å². The van der Waals surface area contributed by atoms with Gasteiger partial charge in [0.05, 0.1) is 6.20 Å². The molecule has 0 saturated heterocycles. The van der Waals surface area contributed by atoms with Crippen molar-refractivity contribution in [3.05, 3.63) is 12.0 Å². The van der Waals surface area contributed by atoms with Crippen molar-refractivity contribution in [1.82, 2.24) is 14.3 Å². The molecule has 0 amide bonds. The van der Waals surface area contributed by atoms with Crippen LogP contribution in [0.15, 0.2) is 11.2 Å². The zero-order chi connectivity index (χ0) is 14.5. The van der Waals surface area contributed by atoms with Gasteiger partial charge in [0.2, 0.25) is 0 Å². The van der Waals surface area contributed by atoms with Gasteiger partial charge in [-0.15, -0.1) is 0 Å². The van der Waals surface area contributed by atoms with Crippen molar-refractivity contribution in [2.45, 2.75) is 64.4 Å². The highest BCUT2D eigenvalue weighted by atomic mass is 32.2. The van der Waals surface area contributed by atoms with E-state index < -0.39 is 10.0 Å². The monoisotopic (exact) mass is 287 g/mol. The minimum absolute atomic E-state index is 0.0461. The first-order chi connectivity index (χ1) is 8.93. The third-order valence-corrected chi connectivity index (χ3v) is 5.07. The highest BCUT2D eigenvalue weighted by molar-refractivity contribution is 7.89. The first kappa shape index (κ1) is 16.2. The smallest absolute Gasteiger partial charge is 0.260 e. The van der Waals surface area contributed by atoms with Crippen molar-refractivity contribution in [3.63, 3.8) is 0 Å². The molecule has 0 aliphatic heterocycles. The molecular weight excluding hydrogens is 262 g/mol. The average molecular weight is 287 g/mol. The molecule has 0 aliphatic carbocycles. The molecule has 1 aromatic heterocycles. The Morgan fingerprint density at radius 3 is 2.47 bits per heavy atom. The highest BCUT2D eigenvalue weighted by Crippen LogP contribution is 2.17. The van der Waals surface area contributed by atoms with E-state index in [1.807, 2.05) is 20.8 Å². The summed E-state index contributed by atoms with van der Waals surface area (Å²) >= 11 is 0. The SMILES string of the molecule is CCCCCN(C(C)C)S(=O)(=O)c1cnc(CC)[nH]1. The lowest BCUT2D eigenvalue weighted by Crippen LogP contribution is -2.37. The van der Waals surface area contributed by atoms with Gasteiger partial charge in [0.15, 0.2) is 5.03 Å². The number of nitrogens with zero attached hydrogens (tertiary/aromatic N) is 2. The lowest BCUT2D eigenvalue weighted by atomic mass is 10.2. The van der Waals surface area contributed by atoms with E-state index in [1.165, 1.54) is 6.20 Å². The largest absolute Gasteiger partial charge is 0.332 e. The van der Waals surface area contributed by atoms with Gasteiger partial charge in [-0.05, 0) is 20.3 Å². The topological polar surface area (TPSA) is 66.1 Å². The van der Waals surface area contributed by atoms with Crippen LogP contribution < -0.4 is 0 Å². The molecule has 1 aromatic rings. The van der Waals surface area contributed by atoms with E-state index in [0.717, 1.165) is 19.3 Å². The van der Waals surface area contributed by atoms with Gasteiger partial charge in [0.1, 0.15) is 5.82 Å². The van der Waals surface area contributed by atoms with E-state index in [4.69, 9.17) is 0 Å². The summed E-state index contributed by atoms with van der Waals surface area (Å²) in [7, 11) is -3.45. The summed E-state index contributed by atoms with van der Waals surface area (Å²) in [5, 5.41) is 0.203. The zero-order valence-electron chi connectivity index (χ0n) is 12.3. The molecule has 0 bridgehead atoms. The maximum absolute atomic E-state index is 12.6. The number of aryl methyl sites for hydroxylation is 1. The molecule has 0 unspecified atom stereocenters. The summed E-state index contributed by atoms with van der Waals surface area (Å²) in [6.07, 6.45) is 5.14. The zero-order valence-corrected chi connectivity index (χ0v) is 13.1. The Kier molecular flexibility index (Phi) is 6.00. The predicted octanol–water partition coefficient (Wildman–Crippen LogP) is 2.56. The maximum atomic E-state index is 12.6. The van der Waals surface area contributed by atoms with Crippen molar-refractivity contribution in [3.8, 4) is 0 Å². The molecule has 1 heterocycles. The summed E-state index contributed by atoms with van der Waals surface area (Å²) in [5.74, 6) is 0.704. The third-order valence-electron chi connectivity index (χ3n) is 3.08. The molecule has 1 N–H and O–H groups in total. The van der Waals surface area contributed by atoms with Gasteiger partial charge in [-0.3, -0.25) is 0 Å². The van der Waals surface area contributed by atoms with E-state index in [0.29, 0.717) is 18.8 Å². The second-order valence-corrected chi connectivity index (χ2v) is 6.82. The molecule has 110 valence electrons. The van der Waals surface area contributed by atoms with Crippen LogP contribution >= 0.6 is 0 Å². The van der Waals surface area contributed by atoms with E-state index in [1.54, 1.807) is 4.31 Å². The summed E-state index contributed by atoms with van der Waals surface area (Å²) in [6.45, 7) is 8.42. The number of hydrogen-bond donors (Lipinski definition) is 1. The van der Waals surface area contributed by atoms with Crippen molar-refractivity contribution < 1.29 is 8.42 Å². The number of unbranched alkanes of at least 4 members (excludes halogenated alkanes) is 2. The van der Waals surface area contributed by atoms with E-state index in [2.05, 4.69) is 16.9 Å². The molecule has 0 atom stereocenters. The average Bonchev–Trinajstić information content (AvgIpc) is 2.83. The number of nitrogens with one attached hydrogen (secondary N) is 1. The minimum atomic E-state index is -3.45. The molecule has 19 heavy (non-hydrogen) atoms. The van der Waals surface area contributed by atoms with Crippen LogP contribution in [-0.2, 0) is 16.4 Å². The minimum Gasteiger partial charge on any atom is -0.332 e. The Bertz CT molecular complexity index is 480. The number of aromatic nitrogens is 2. The second-order valence-electron chi connectivity index (χ2n) is 4.96. The van der Waals surface area contributed by atoms with Gasteiger partial charge in [-0.2, -0.15) is 4.31 Å². The second kappa shape index (κ2) is 7.05. The van der Waals surface area contributed by atoms with E-state index in [9.17, 15) is 8.42 Å². The van der Waals surface area contributed by atoms with Gasteiger partial charge in [-0.1, -0.05) is 26.7 Å². The number of sulfonamides is 1. The van der Waals surface area contributed by atoms with Crippen LogP contribution in [0.5, 0.6) is 0 Å². The first-order valence-electron chi connectivity index (χ1n) is 6.99. The van der Waals surface area contributed by atoms with Gasteiger partial charge in [-0.25, -0.2) is 13.4 Å². The maximum Gasteiger partial charge on any atom is 0.260 e. The standard InChI is InChI=1S/C13H25N3O2S/c1-5-7-8-9-16(11(3)4)19(17,18)13-10-14-12(6-2)15-13/h10-11H,5-9H2,1-4H3,(H,14,15). The fourth-order valence-electron chi connectivity index (χ4n) is 1.95. The molecule has 0 saturated carbocycles. The summed E-state index contributed by atoms with van der Waals surface area (Å²) < 4.78 is 26.7. The van der Waals surface area contributed by atoms with Crippen molar-refractivity contribution >= 4 is 10.0 Å². The van der Waals surface area contributed by atoms with Gasteiger partial charge < -0.3 is 4.98 Å². The number of H-pyrrole nitrogens is 1. The normalized spacial score (nSPS) is 12.5. The van der Waals surface area contributed by atoms with Crippen LogP contribution in [0.25, 0.3) is 0 Å². The summed E-state index contributed by atoms with van der Waals surface area (Å²) in [6, 6.07) is -0.0461. The lowest BCUT2D eigenvalue weighted by Gasteiger charge is -2.25. The van der Waals surface area contributed by atoms with Crippen LogP contribution in [0.1, 0.15) is 52.8 Å². The molecular formula is C13H25N3O2S. The fraction of sp³-hybridized carbons (Fsp3) is 0.769. The first-order valence-corrected chi connectivity index (χ1v) is 8.43. The van der Waals surface area contributed by atoms with Crippen molar-refractivity contribution in [1.29, 1.82) is 0 Å². The van der Waals surface area contributed by atoms with Crippen LogP contribution in [0, 0.1) is 0 Å². The predicted molar refractivity (Wildman–Crippen MR) is 76.5 cm³/mol. The molecule has 1 rings (SSSR count). The van der Waals surface area contributed by atoms with Crippen LogP contribution in [-0.4, -0.2) is 35.3 Å². The van der Waals surface area contributed by atoms with E-state index in [-0.39, 0.29) is 11.1 Å². The molecule has 5 nitrogen and oxygen atoms in total. The van der Waals surface area contributed by atoms with Gasteiger partial charge in [0, 0.05) is 19.0 Å². The quantitative estimate of drug-likeness (QED) is 0.747. The molecule has 0 fully saturated rings. The Morgan fingerprint density at radius 1 is 1.32 bits per heavy atom. The van der Waals surface area contributed by atoms with E-state index >= 15 is 0 Å².